The van der Waals surface area contributed by atoms with E-state index in [1.807, 2.05) is 0 Å². The maximum atomic E-state index is 12.7. The van der Waals surface area contributed by atoms with E-state index >= 15 is 0 Å². The van der Waals surface area contributed by atoms with Gasteiger partial charge < -0.3 is 5.73 Å². The van der Waals surface area contributed by atoms with Crippen molar-refractivity contribution in [3.63, 3.8) is 0 Å². The third-order valence-corrected chi connectivity index (χ3v) is 5.83. The highest BCUT2D eigenvalue weighted by Crippen LogP contribution is 2.39. The van der Waals surface area contributed by atoms with Gasteiger partial charge in [-0.3, -0.25) is 0 Å². The van der Waals surface area contributed by atoms with Gasteiger partial charge in [0.1, 0.15) is 0 Å². The van der Waals surface area contributed by atoms with Gasteiger partial charge in [0.25, 0.3) is 0 Å². The molecule has 0 saturated carbocycles. The van der Waals surface area contributed by atoms with Crippen molar-refractivity contribution in [2.24, 2.45) is 11.1 Å². The van der Waals surface area contributed by atoms with Gasteiger partial charge in [-0.25, -0.2) is 8.42 Å². The predicted octanol–water partition coefficient (Wildman–Crippen LogP) is 3.14. The fourth-order valence-corrected chi connectivity index (χ4v) is 4.49. The molecule has 0 aromatic heterocycles. The van der Waals surface area contributed by atoms with Crippen molar-refractivity contribution in [2.75, 3.05) is 12.3 Å². The third kappa shape index (κ3) is 6.06. The van der Waals surface area contributed by atoms with Crippen LogP contribution in [0.3, 0.4) is 0 Å². The van der Waals surface area contributed by atoms with Crippen LogP contribution in [0.25, 0.3) is 0 Å². The van der Waals surface area contributed by atoms with E-state index < -0.39 is 51.2 Å². The van der Waals surface area contributed by atoms with Gasteiger partial charge in [-0.15, -0.1) is 0 Å². The van der Waals surface area contributed by atoms with E-state index in [2.05, 4.69) is 0 Å². The van der Waals surface area contributed by atoms with E-state index in [0.717, 1.165) is 0 Å². The summed E-state index contributed by atoms with van der Waals surface area (Å²) < 4.78 is 85.8. The molecule has 0 heterocycles. The molecule has 0 bridgehead atoms. The summed E-state index contributed by atoms with van der Waals surface area (Å²) in [4.78, 5) is 0. The van der Waals surface area contributed by atoms with Crippen LogP contribution in [0, 0.1) is 5.41 Å². The van der Waals surface area contributed by atoms with Crippen LogP contribution < -0.4 is 5.73 Å². The van der Waals surface area contributed by atoms with Crippen LogP contribution in [0.2, 0.25) is 0 Å². The molecule has 0 aliphatic heterocycles. The minimum atomic E-state index is -5.66. The largest absolute Gasteiger partial charge is 0.453 e. The summed E-state index contributed by atoms with van der Waals surface area (Å²) in [5, 5.41) is -0.866. The van der Waals surface area contributed by atoms with Gasteiger partial charge in [0.05, 0.1) is 11.0 Å². The Balaban J connectivity index is 4.84. The lowest BCUT2D eigenvalue weighted by atomic mass is 9.90. The molecular formula is C12H22F5NO2S. The molecule has 0 aliphatic carbocycles. The van der Waals surface area contributed by atoms with Crippen molar-refractivity contribution >= 4 is 9.84 Å². The van der Waals surface area contributed by atoms with Crippen LogP contribution in [-0.4, -0.2) is 38.1 Å². The van der Waals surface area contributed by atoms with Crippen molar-refractivity contribution in [1.29, 1.82) is 0 Å². The minimum absolute atomic E-state index is 0.0971. The van der Waals surface area contributed by atoms with E-state index in [1.165, 1.54) is 0 Å². The Morgan fingerprint density at radius 2 is 1.52 bits per heavy atom. The van der Waals surface area contributed by atoms with Crippen LogP contribution in [0.15, 0.2) is 0 Å². The highest BCUT2D eigenvalue weighted by molar-refractivity contribution is 7.92. The number of hydrogen-bond donors (Lipinski definition) is 1. The van der Waals surface area contributed by atoms with Crippen molar-refractivity contribution in [1.82, 2.24) is 0 Å². The van der Waals surface area contributed by atoms with Gasteiger partial charge in [0.15, 0.2) is 9.84 Å². The second-order valence-corrected chi connectivity index (χ2v) is 8.41. The van der Waals surface area contributed by atoms with Gasteiger partial charge in [-0.2, -0.15) is 22.0 Å². The summed E-state index contributed by atoms with van der Waals surface area (Å²) in [5.74, 6) is -5.58. The molecule has 1 atom stereocenters. The van der Waals surface area contributed by atoms with E-state index in [0.29, 0.717) is 0 Å². The van der Waals surface area contributed by atoms with Crippen molar-refractivity contribution in [2.45, 2.75) is 57.4 Å². The van der Waals surface area contributed by atoms with E-state index in [4.69, 9.17) is 5.73 Å². The molecule has 21 heavy (non-hydrogen) atoms. The van der Waals surface area contributed by atoms with Gasteiger partial charge in [-0.1, -0.05) is 20.8 Å². The third-order valence-electron chi connectivity index (χ3n) is 3.16. The quantitative estimate of drug-likeness (QED) is 0.725. The van der Waals surface area contributed by atoms with Crippen LogP contribution in [0.1, 0.15) is 40.0 Å². The lowest BCUT2D eigenvalue weighted by Gasteiger charge is -2.30. The Morgan fingerprint density at radius 1 is 1.05 bits per heavy atom. The zero-order chi connectivity index (χ0) is 17.1. The van der Waals surface area contributed by atoms with Crippen LogP contribution in [-0.2, 0) is 9.84 Å². The van der Waals surface area contributed by atoms with E-state index in [9.17, 15) is 30.4 Å². The lowest BCUT2D eigenvalue weighted by molar-refractivity contribution is -0.284. The normalized spacial score (nSPS) is 16.0. The monoisotopic (exact) mass is 339 g/mol. The minimum Gasteiger partial charge on any atom is -0.330 e. The zero-order valence-electron chi connectivity index (χ0n) is 12.3. The fraction of sp³-hybridized carbons (Fsp3) is 1.00. The number of alkyl halides is 5. The number of nitrogens with two attached hydrogens (primary N) is 1. The summed E-state index contributed by atoms with van der Waals surface area (Å²) in [6, 6.07) is 0. The molecule has 2 N–H and O–H groups in total. The molecular weight excluding hydrogens is 317 g/mol. The predicted molar refractivity (Wildman–Crippen MR) is 70.9 cm³/mol. The van der Waals surface area contributed by atoms with Crippen molar-refractivity contribution in [3.8, 4) is 0 Å². The molecule has 0 aromatic rings. The molecule has 0 radical (unpaired) electrons. The van der Waals surface area contributed by atoms with Gasteiger partial charge >= 0.3 is 12.1 Å². The maximum Gasteiger partial charge on any atom is 0.453 e. The van der Waals surface area contributed by atoms with Crippen molar-refractivity contribution in [3.05, 3.63) is 0 Å². The average Bonchev–Trinajstić information content (AvgIpc) is 2.21. The molecule has 0 spiro atoms. The first kappa shape index (κ1) is 20.6. The molecule has 9 heteroatoms. The molecule has 0 aliphatic rings. The number of halogens is 5. The van der Waals surface area contributed by atoms with Crippen LogP contribution >= 0.6 is 0 Å². The molecule has 0 aromatic carbocycles. The Bertz CT molecular complexity index is 426. The van der Waals surface area contributed by atoms with Gasteiger partial charge in [0.2, 0.25) is 0 Å². The Morgan fingerprint density at radius 3 is 1.86 bits per heavy atom. The second kappa shape index (κ2) is 6.76. The summed E-state index contributed by atoms with van der Waals surface area (Å²) in [5.41, 5.74) is 4.68. The SMILES string of the molecule is CC(C)(C)C(CCN)S(=O)(=O)CCCC(F)(F)C(F)(F)F. The number of rotatable bonds is 7. The van der Waals surface area contributed by atoms with E-state index in [1.54, 1.807) is 20.8 Å². The van der Waals surface area contributed by atoms with Gasteiger partial charge in [0, 0.05) is 6.42 Å². The first-order chi connectivity index (χ1) is 9.15. The molecule has 128 valence electrons. The highest BCUT2D eigenvalue weighted by Gasteiger charge is 2.56. The number of hydrogen-bond acceptors (Lipinski definition) is 3. The Labute approximate surface area is 122 Å². The molecule has 0 fully saturated rings. The van der Waals surface area contributed by atoms with E-state index in [-0.39, 0.29) is 13.0 Å². The Kier molecular flexibility index (Phi) is 6.62. The van der Waals surface area contributed by atoms with Crippen molar-refractivity contribution < 1.29 is 30.4 Å². The number of sulfone groups is 1. The lowest BCUT2D eigenvalue weighted by Crippen LogP contribution is -2.39. The average molecular weight is 339 g/mol. The molecule has 0 saturated heterocycles. The van der Waals surface area contributed by atoms with Gasteiger partial charge in [-0.05, 0) is 24.8 Å². The summed E-state index contributed by atoms with van der Waals surface area (Å²) >= 11 is 0. The van der Waals surface area contributed by atoms with Crippen LogP contribution in [0.5, 0.6) is 0 Å². The molecule has 0 rings (SSSR count). The highest BCUT2D eigenvalue weighted by atomic mass is 32.2. The Hall–Kier alpha value is -0.440. The summed E-state index contributed by atoms with van der Waals surface area (Å²) in [6.45, 7) is 5.08. The smallest absolute Gasteiger partial charge is 0.330 e. The first-order valence-corrected chi connectivity index (χ1v) is 8.23. The fourth-order valence-electron chi connectivity index (χ4n) is 2.08. The zero-order valence-corrected chi connectivity index (χ0v) is 13.1. The molecule has 0 amide bonds. The maximum absolute atomic E-state index is 12.7. The first-order valence-electron chi connectivity index (χ1n) is 6.51. The summed E-state index contributed by atoms with van der Waals surface area (Å²) in [7, 11) is -3.79. The summed E-state index contributed by atoms with van der Waals surface area (Å²) in [6.07, 6.45) is -7.79. The second-order valence-electron chi connectivity index (χ2n) is 6.10. The molecule has 1 unspecified atom stereocenters. The topological polar surface area (TPSA) is 60.2 Å². The van der Waals surface area contributed by atoms with Crippen LogP contribution in [0.4, 0.5) is 22.0 Å². The molecule has 3 nitrogen and oxygen atoms in total. The standard InChI is InChI=1S/C12H22F5NO2S/c1-10(2,3)9(5-7-18)21(19,20)8-4-6-11(13,14)12(15,16)17/h9H,4-8,18H2,1-3H3.